The zero-order valence-corrected chi connectivity index (χ0v) is 14.3. The van der Waals surface area contributed by atoms with Crippen LogP contribution in [0.1, 0.15) is 29.3 Å². The van der Waals surface area contributed by atoms with Crippen LogP contribution in [0.25, 0.3) is 28.4 Å². The predicted octanol–water partition coefficient (Wildman–Crippen LogP) is 5.24. The van der Waals surface area contributed by atoms with Gasteiger partial charge >= 0.3 is 5.97 Å². The number of nitrogens with one attached hydrogen (secondary N) is 1. The minimum atomic E-state index is -0.448. The first-order chi connectivity index (χ1) is 12.7. The normalized spacial score (nSPS) is 13.2. The quantitative estimate of drug-likeness (QED) is 0.655. The first kappa shape index (κ1) is 16.4. The Kier molecular flexibility index (Phi) is 4.21. The van der Waals surface area contributed by atoms with Crippen LogP contribution in [-0.2, 0) is 4.74 Å². The molecule has 0 unspecified atom stereocenters. The van der Waals surface area contributed by atoms with Gasteiger partial charge in [-0.25, -0.2) is 9.18 Å². The summed E-state index contributed by atoms with van der Waals surface area (Å²) in [4.78, 5) is 12.6. The Morgan fingerprint density at radius 3 is 2.85 bits per heavy atom. The molecule has 1 aromatic heterocycles. The lowest BCUT2D eigenvalue weighted by Crippen LogP contribution is -2.05. The van der Waals surface area contributed by atoms with Gasteiger partial charge in [-0.2, -0.15) is 0 Å². The molecule has 0 aliphatic carbocycles. The van der Waals surface area contributed by atoms with Gasteiger partial charge in [0.25, 0.3) is 0 Å². The van der Waals surface area contributed by atoms with E-state index < -0.39 is 5.97 Å². The van der Waals surface area contributed by atoms with E-state index >= 15 is 0 Å². The predicted molar refractivity (Wildman–Crippen MR) is 99.7 cm³/mol. The molecule has 0 amide bonds. The van der Waals surface area contributed by atoms with Crippen LogP contribution in [0.3, 0.4) is 0 Å². The molecule has 0 fully saturated rings. The molecule has 3 aromatic rings. The van der Waals surface area contributed by atoms with Crippen LogP contribution >= 0.6 is 0 Å². The molecule has 1 aliphatic rings. The second-order valence-electron chi connectivity index (χ2n) is 6.09. The smallest absolute Gasteiger partial charge is 0.342 e. The van der Waals surface area contributed by atoms with E-state index in [1.807, 2.05) is 18.2 Å². The van der Waals surface area contributed by atoms with Gasteiger partial charge in [0, 0.05) is 29.2 Å². The van der Waals surface area contributed by atoms with Crippen molar-refractivity contribution in [2.24, 2.45) is 0 Å². The van der Waals surface area contributed by atoms with Crippen LogP contribution in [0.15, 0.2) is 46.9 Å². The lowest BCUT2D eigenvalue weighted by molar-refractivity contribution is 0.0529. The standard InChI is InChI=1S/C21H18FNO3/c1-2-25-21(24)19-16-11-14-5-3-4-10-23-17(14)12-18(16)26-20(19)13-6-8-15(22)9-7-13/h3,5-9,11-12,23H,2,4,10H2,1H3. The first-order valence-electron chi connectivity index (χ1n) is 8.61. The van der Waals surface area contributed by atoms with E-state index in [-0.39, 0.29) is 12.4 Å². The number of benzene rings is 2. The van der Waals surface area contributed by atoms with Gasteiger partial charge in [0.2, 0.25) is 0 Å². The maximum Gasteiger partial charge on any atom is 0.342 e. The zero-order chi connectivity index (χ0) is 18.1. The van der Waals surface area contributed by atoms with Crippen LogP contribution in [0.5, 0.6) is 0 Å². The van der Waals surface area contributed by atoms with E-state index in [4.69, 9.17) is 9.15 Å². The van der Waals surface area contributed by atoms with Crippen molar-refractivity contribution < 1.29 is 18.3 Å². The summed E-state index contributed by atoms with van der Waals surface area (Å²) in [5.41, 5.74) is 3.54. The number of halogens is 1. The van der Waals surface area contributed by atoms with Crippen molar-refractivity contribution in [2.75, 3.05) is 18.5 Å². The number of carbonyl (C=O) groups is 1. The third kappa shape index (κ3) is 2.86. The Balaban J connectivity index is 1.96. The van der Waals surface area contributed by atoms with Crippen LogP contribution in [0.4, 0.5) is 10.1 Å². The maximum absolute atomic E-state index is 13.3. The van der Waals surface area contributed by atoms with E-state index in [0.29, 0.717) is 27.9 Å². The Labute approximate surface area is 150 Å². The van der Waals surface area contributed by atoms with Crippen molar-refractivity contribution in [3.8, 4) is 11.3 Å². The van der Waals surface area contributed by atoms with Crippen molar-refractivity contribution in [3.63, 3.8) is 0 Å². The fourth-order valence-corrected chi connectivity index (χ4v) is 3.16. The molecule has 0 spiro atoms. The Hall–Kier alpha value is -3.08. The monoisotopic (exact) mass is 351 g/mol. The third-order valence-corrected chi connectivity index (χ3v) is 4.37. The molecule has 2 aromatic carbocycles. The van der Waals surface area contributed by atoms with E-state index in [0.717, 1.165) is 24.2 Å². The van der Waals surface area contributed by atoms with Crippen LogP contribution in [0, 0.1) is 5.82 Å². The average molecular weight is 351 g/mol. The molecular formula is C21H18FNO3. The lowest BCUT2D eigenvalue weighted by atomic mass is 10.0. The molecule has 5 heteroatoms. The summed E-state index contributed by atoms with van der Waals surface area (Å²) in [5, 5.41) is 4.05. The fraction of sp³-hybridized carbons (Fsp3) is 0.190. The molecule has 0 radical (unpaired) electrons. The molecule has 1 N–H and O–H groups in total. The Morgan fingerprint density at radius 1 is 1.27 bits per heavy atom. The second kappa shape index (κ2) is 6.67. The van der Waals surface area contributed by atoms with Gasteiger partial charge in [-0.1, -0.05) is 12.2 Å². The van der Waals surface area contributed by atoms with Gasteiger partial charge in [0.05, 0.1) is 6.61 Å². The number of ether oxygens (including phenoxy) is 1. The van der Waals surface area contributed by atoms with Gasteiger partial charge in [-0.05, 0) is 49.2 Å². The molecule has 0 saturated heterocycles. The van der Waals surface area contributed by atoms with E-state index in [2.05, 4.69) is 11.4 Å². The maximum atomic E-state index is 13.3. The topological polar surface area (TPSA) is 51.5 Å². The van der Waals surface area contributed by atoms with Gasteiger partial charge in [0.1, 0.15) is 22.7 Å². The zero-order valence-electron chi connectivity index (χ0n) is 14.3. The van der Waals surface area contributed by atoms with Crippen molar-refractivity contribution in [1.29, 1.82) is 0 Å². The average Bonchev–Trinajstić information content (AvgIpc) is 2.84. The van der Waals surface area contributed by atoms with Crippen molar-refractivity contribution in [1.82, 2.24) is 0 Å². The number of fused-ring (bicyclic) bond motifs is 2. The van der Waals surface area contributed by atoms with Gasteiger partial charge in [0.15, 0.2) is 0 Å². The SMILES string of the molecule is CCOC(=O)c1c(-c2ccc(F)cc2)oc2cc3c(cc12)C=CCCN3. The number of hydrogen-bond donors (Lipinski definition) is 1. The molecule has 0 atom stereocenters. The molecule has 26 heavy (non-hydrogen) atoms. The van der Waals surface area contributed by atoms with Crippen molar-refractivity contribution >= 4 is 28.7 Å². The van der Waals surface area contributed by atoms with Crippen LogP contribution < -0.4 is 5.32 Å². The summed E-state index contributed by atoms with van der Waals surface area (Å²) in [6.07, 6.45) is 5.06. The number of carbonyl (C=O) groups excluding carboxylic acids is 1. The molecule has 132 valence electrons. The highest BCUT2D eigenvalue weighted by Gasteiger charge is 2.24. The number of furan rings is 1. The van der Waals surface area contributed by atoms with E-state index in [1.165, 1.54) is 12.1 Å². The highest BCUT2D eigenvalue weighted by molar-refractivity contribution is 6.10. The highest BCUT2D eigenvalue weighted by Crippen LogP contribution is 2.37. The molecule has 2 heterocycles. The minimum Gasteiger partial charge on any atom is -0.462 e. The third-order valence-electron chi connectivity index (χ3n) is 4.37. The lowest BCUT2D eigenvalue weighted by Gasteiger charge is -2.07. The molecule has 1 aliphatic heterocycles. The first-order valence-corrected chi connectivity index (χ1v) is 8.61. The summed E-state index contributed by atoms with van der Waals surface area (Å²) in [6, 6.07) is 9.71. The largest absolute Gasteiger partial charge is 0.462 e. The van der Waals surface area contributed by atoms with E-state index in [1.54, 1.807) is 19.1 Å². The Morgan fingerprint density at radius 2 is 2.08 bits per heavy atom. The summed E-state index contributed by atoms with van der Waals surface area (Å²) in [6.45, 7) is 2.86. The highest BCUT2D eigenvalue weighted by atomic mass is 19.1. The summed E-state index contributed by atoms with van der Waals surface area (Å²) in [5.74, 6) is -0.401. The number of esters is 1. The number of hydrogen-bond acceptors (Lipinski definition) is 4. The van der Waals surface area contributed by atoms with Crippen molar-refractivity contribution in [2.45, 2.75) is 13.3 Å². The molecular weight excluding hydrogens is 333 g/mol. The Bertz CT molecular complexity index is 1000. The van der Waals surface area contributed by atoms with Crippen LogP contribution in [-0.4, -0.2) is 19.1 Å². The van der Waals surface area contributed by atoms with Gasteiger partial charge < -0.3 is 14.5 Å². The number of rotatable bonds is 3. The van der Waals surface area contributed by atoms with Gasteiger partial charge in [-0.3, -0.25) is 0 Å². The second-order valence-corrected chi connectivity index (χ2v) is 6.09. The minimum absolute atomic E-state index is 0.265. The van der Waals surface area contributed by atoms with Crippen molar-refractivity contribution in [3.05, 3.63) is 59.4 Å². The molecule has 4 nitrogen and oxygen atoms in total. The van der Waals surface area contributed by atoms with Gasteiger partial charge in [-0.15, -0.1) is 0 Å². The van der Waals surface area contributed by atoms with Crippen LogP contribution in [0.2, 0.25) is 0 Å². The summed E-state index contributed by atoms with van der Waals surface area (Å²) >= 11 is 0. The van der Waals surface area contributed by atoms with E-state index in [9.17, 15) is 9.18 Å². The molecule has 0 bridgehead atoms. The number of anilines is 1. The molecule has 0 saturated carbocycles. The fourth-order valence-electron chi connectivity index (χ4n) is 3.16. The summed E-state index contributed by atoms with van der Waals surface area (Å²) < 4.78 is 24.5. The summed E-state index contributed by atoms with van der Waals surface area (Å²) in [7, 11) is 0. The molecule has 4 rings (SSSR count).